The number of ether oxygens (including phenoxy) is 1. The van der Waals surface area contributed by atoms with Gasteiger partial charge in [-0.3, -0.25) is 9.36 Å². The molecule has 26 heavy (non-hydrogen) atoms. The largest absolute Gasteiger partial charge is 0.465 e. The van der Waals surface area contributed by atoms with Crippen LogP contribution < -0.4 is 11.3 Å². The van der Waals surface area contributed by atoms with Crippen molar-refractivity contribution in [2.45, 2.75) is 6.54 Å². The molecule has 5 nitrogen and oxygen atoms in total. The quantitative estimate of drug-likeness (QED) is 0.563. The fourth-order valence-electron chi connectivity index (χ4n) is 3.16. The Morgan fingerprint density at radius 1 is 1.08 bits per heavy atom. The first kappa shape index (κ1) is 16.4. The zero-order valence-electron chi connectivity index (χ0n) is 14.1. The molecule has 2 aromatic heterocycles. The van der Waals surface area contributed by atoms with Gasteiger partial charge in [0.1, 0.15) is 9.71 Å². The molecule has 0 saturated heterocycles. The van der Waals surface area contributed by atoms with Crippen molar-refractivity contribution in [2.75, 3.05) is 12.8 Å². The van der Waals surface area contributed by atoms with Crippen LogP contribution in [0.15, 0.2) is 59.4 Å². The number of benzene rings is 2. The summed E-state index contributed by atoms with van der Waals surface area (Å²) in [5, 5.41) is 2.05. The molecule has 0 aliphatic carbocycles. The Morgan fingerprint density at radius 3 is 2.42 bits per heavy atom. The van der Waals surface area contributed by atoms with Gasteiger partial charge in [0.05, 0.1) is 19.3 Å². The van der Waals surface area contributed by atoms with Crippen molar-refractivity contribution in [2.24, 2.45) is 0 Å². The van der Waals surface area contributed by atoms with Crippen LogP contribution in [0.4, 0.5) is 5.69 Å². The normalized spacial score (nSPS) is 11.1. The lowest BCUT2D eigenvalue weighted by atomic mass is 10.1. The average molecular weight is 364 g/mol. The Bertz CT molecular complexity index is 1190. The van der Waals surface area contributed by atoms with Crippen LogP contribution in [0, 0.1) is 0 Å². The topological polar surface area (TPSA) is 74.3 Å². The van der Waals surface area contributed by atoms with Crippen molar-refractivity contribution < 1.29 is 9.53 Å². The molecule has 2 aromatic carbocycles. The summed E-state index contributed by atoms with van der Waals surface area (Å²) in [6.07, 6.45) is 0. The highest BCUT2D eigenvalue weighted by Crippen LogP contribution is 2.37. The first-order valence-corrected chi connectivity index (χ1v) is 8.89. The van der Waals surface area contributed by atoms with Crippen molar-refractivity contribution in [1.29, 1.82) is 0 Å². The number of methoxy groups -OCH3 is 1. The van der Waals surface area contributed by atoms with E-state index < -0.39 is 5.97 Å². The number of hydrogen-bond donors (Lipinski definition) is 1. The Balaban J connectivity index is 2.10. The molecule has 0 aliphatic heterocycles. The minimum absolute atomic E-state index is 0.102. The van der Waals surface area contributed by atoms with Crippen LogP contribution in [0.2, 0.25) is 0 Å². The summed E-state index contributed by atoms with van der Waals surface area (Å²) in [6.45, 7) is 0.404. The van der Waals surface area contributed by atoms with Crippen LogP contribution in [0.3, 0.4) is 0 Å². The van der Waals surface area contributed by atoms with E-state index in [2.05, 4.69) is 0 Å². The second kappa shape index (κ2) is 6.31. The second-order valence-electron chi connectivity index (χ2n) is 5.94. The van der Waals surface area contributed by atoms with Crippen LogP contribution in [0.5, 0.6) is 0 Å². The smallest absolute Gasteiger partial charge is 0.350 e. The molecule has 0 fully saturated rings. The Morgan fingerprint density at radius 2 is 1.73 bits per heavy atom. The van der Waals surface area contributed by atoms with E-state index in [1.807, 2.05) is 48.5 Å². The minimum atomic E-state index is -0.494. The van der Waals surface area contributed by atoms with Crippen molar-refractivity contribution in [1.82, 2.24) is 4.57 Å². The molecule has 2 N–H and O–H groups in total. The third-order valence-electron chi connectivity index (χ3n) is 4.40. The number of carbonyl (C=O) groups is 1. The molecule has 0 bridgehead atoms. The van der Waals surface area contributed by atoms with E-state index >= 15 is 0 Å². The van der Waals surface area contributed by atoms with Crippen LogP contribution >= 0.6 is 11.3 Å². The van der Waals surface area contributed by atoms with Gasteiger partial charge in [0.25, 0.3) is 5.56 Å². The highest BCUT2D eigenvalue weighted by atomic mass is 32.1. The van der Waals surface area contributed by atoms with Gasteiger partial charge in [-0.15, -0.1) is 11.3 Å². The number of rotatable bonds is 3. The summed E-state index contributed by atoms with van der Waals surface area (Å²) < 4.78 is 6.53. The SMILES string of the molecule is COC(=O)c1sc2c(c1N)c1ccccc1c(=O)n2Cc1ccccc1. The number of aromatic nitrogens is 1. The van der Waals surface area contributed by atoms with E-state index in [-0.39, 0.29) is 5.56 Å². The summed E-state index contributed by atoms with van der Waals surface area (Å²) in [5.74, 6) is -0.494. The molecular formula is C20H16N2O3S. The van der Waals surface area contributed by atoms with Crippen molar-refractivity contribution >= 4 is 44.0 Å². The molecule has 4 aromatic rings. The van der Waals surface area contributed by atoms with E-state index in [1.165, 1.54) is 18.4 Å². The summed E-state index contributed by atoms with van der Waals surface area (Å²) >= 11 is 1.19. The van der Waals surface area contributed by atoms with Crippen molar-refractivity contribution in [3.8, 4) is 0 Å². The van der Waals surface area contributed by atoms with E-state index in [9.17, 15) is 9.59 Å². The number of thiophene rings is 1. The van der Waals surface area contributed by atoms with Gasteiger partial charge in [0, 0.05) is 10.8 Å². The van der Waals surface area contributed by atoms with Gasteiger partial charge >= 0.3 is 5.97 Å². The molecule has 0 aliphatic rings. The molecule has 0 atom stereocenters. The summed E-state index contributed by atoms with van der Waals surface area (Å²) in [7, 11) is 1.32. The fraction of sp³-hybridized carbons (Fsp3) is 0.100. The van der Waals surface area contributed by atoms with E-state index in [4.69, 9.17) is 10.5 Å². The van der Waals surface area contributed by atoms with Gasteiger partial charge in [0.2, 0.25) is 0 Å². The maximum absolute atomic E-state index is 13.1. The van der Waals surface area contributed by atoms with Crippen LogP contribution in [0.1, 0.15) is 15.2 Å². The second-order valence-corrected chi connectivity index (χ2v) is 6.94. The number of nitrogens with zero attached hydrogens (tertiary/aromatic N) is 1. The zero-order valence-corrected chi connectivity index (χ0v) is 14.9. The highest BCUT2D eigenvalue weighted by Gasteiger charge is 2.22. The number of hydrogen-bond acceptors (Lipinski definition) is 5. The molecule has 0 saturated carbocycles. The first-order valence-electron chi connectivity index (χ1n) is 8.07. The number of nitrogen functional groups attached to an aromatic ring is 1. The number of nitrogens with two attached hydrogens (primary N) is 1. The van der Waals surface area contributed by atoms with Gasteiger partial charge in [-0.25, -0.2) is 4.79 Å². The van der Waals surface area contributed by atoms with Crippen molar-refractivity contribution in [3.63, 3.8) is 0 Å². The maximum Gasteiger partial charge on any atom is 0.350 e. The zero-order chi connectivity index (χ0) is 18.3. The molecule has 4 rings (SSSR count). The molecule has 6 heteroatoms. The fourth-order valence-corrected chi connectivity index (χ4v) is 4.31. The predicted molar refractivity (Wildman–Crippen MR) is 105 cm³/mol. The summed E-state index contributed by atoms with van der Waals surface area (Å²) in [5.41, 5.74) is 7.54. The van der Waals surface area contributed by atoms with Gasteiger partial charge < -0.3 is 10.5 Å². The molecular weight excluding hydrogens is 348 g/mol. The third kappa shape index (κ3) is 2.46. The van der Waals surface area contributed by atoms with E-state index in [0.29, 0.717) is 27.3 Å². The molecule has 0 spiro atoms. The number of pyridine rings is 1. The van der Waals surface area contributed by atoms with Crippen LogP contribution in [0.25, 0.3) is 21.0 Å². The lowest BCUT2D eigenvalue weighted by molar-refractivity contribution is 0.0607. The number of esters is 1. The molecule has 2 heterocycles. The van der Waals surface area contributed by atoms with Gasteiger partial charge in [-0.1, -0.05) is 48.5 Å². The predicted octanol–water partition coefficient (Wildman–Crippen LogP) is 3.63. The molecule has 130 valence electrons. The minimum Gasteiger partial charge on any atom is -0.465 e. The first-order chi connectivity index (χ1) is 12.6. The summed E-state index contributed by atoms with van der Waals surface area (Å²) in [4.78, 5) is 26.2. The standard InChI is InChI=1S/C20H16N2O3S/c1-25-20(24)17-16(21)15-13-9-5-6-10-14(13)18(23)22(19(15)26-17)11-12-7-3-2-4-8-12/h2-10H,11,21H2,1H3. The number of fused-ring (bicyclic) bond motifs is 3. The Hall–Kier alpha value is -3.12. The lowest BCUT2D eigenvalue weighted by Crippen LogP contribution is -2.20. The monoisotopic (exact) mass is 364 g/mol. The average Bonchev–Trinajstić information content (AvgIpc) is 3.02. The molecule has 0 amide bonds. The molecule has 0 unspecified atom stereocenters. The maximum atomic E-state index is 13.1. The number of anilines is 1. The lowest BCUT2D eigenvalue weighted by Gasteiger charge is -2.10. The van der Waals surface area contributed by atoms with Gasteiger partial charge in [-0.05, 0) is 17.0 Å². The summed E-state index contributed by atoms with van der Waals surface area (Å²) in [6, 6.07) is 17.0. The van der Waals surface area contributed by atoms with E-state index in [1.54, 1.807) is 10.6 Å². The Labute approximate surface area is 153 Å². The van der Waals surface area contributed by atoms with Gasteiger partial charge in [0.15, 0.2) is 0 Å². The van der Waals surface area contributed by atoms with Crippen LogP contribution in [-0.2, 0) is 11.3 Å². The highest BCUT2D eigenvalue weighted by molar-refractivity contribution is 7.21. The molecule has 0 radical (unpaired) electrons. The van der Waals surface area contributed by atoms with Gasteiger partial charge in [-0.2, -0.15) is 0 Å². The van der Waals surface area contributed by atoms with Crippen molar-refractivity contribution in [3.05, 3.63) is 75.4 Å². The van der Waals surface area contributed by atoms with E-state index in [0.717, 1.165) is 16.3 Å². The van der Waals surface area contributed by atoms with Crippen LogP contribution in [-0.4, -0.2) is 17.6 Å². The third-order valence-corrected chi connectivity index (χ3v) is 5.61. The Kier molecular flexibility index (Phi) is 3.97. The number of carbonyl (C=O) groups excluding carboxylic acids is 1.